The Morgan fingerprint density at radius 2 is 2.11 bits per heavy atom. The fourth-order valence-electron chi connectivity index (χ4n) is 2.82. The minimum absolute atomic E-state index is 0.847. The third-order valence-electron chi connectivity index (χ3n) is 4.06. The molecule has 0 saturated carbocycles. The second-order valence-electron chi connectivity index (χ2n) is 6.14. The fourth-order valence-corrected chi connectivity index (χ4v) is 2.82. The standard InChI is InChI=1S/C16H32N2/c1-5-9-17-12-15(4)13-18-10-6-7-16(8-11-18)14(2)3/h14,16-17H,4-13H2,1-3H3. The second-order valence-corrected chi connectivity index (χ2v) is 6.14. The summed E-state index contributed by atoms with van der Waals surface area (Å²) < 4.78 is 0. The van der Waals surface area contributed by atoms with Crippen LogP contribution in [-0.2, 0) is 0 Å². The molecule has 1 aliphatic heterocycles. The van der Waals surface area contributed by atoms with Gasteiger partial charge >= 0.3 is 0 Å². The predicted molar refractivity (Wildman–Crippen MR) is 80.9 cm³/mol. The highest BCUT2D eigenvalue weighted by Crippen LogP contribution is 2.24. The molecule has 1 atom stereocenters. The normalized spacial score (nSPS) is 22.1. The number of nitrogens with one attached hydrogen (secondary N) is 1. The number of hydrogen-bond donors (Lipinski definition) is 1. The van der Waals surface area contributed by atoms with Crippen LogP contribution in [-0.4, -0.2) is 37.6 Å². The largest absolute Gasteiger partial charge is 0.313 e. The third-order valence-corrected chi connectivity index (χ3v) is 4.06. The number of hydrogen-bond acceptors (Lipinski definition) is 2. The van der Waals surface area contributed by atoms with E-state index in [4.69, 9.17) is 0 Å². The van der Waals surface area contributed by atoms with Crippen molar-refractivity contribution in [3.8, 4) is 0 Å². The predicted octanol–water partition coefficient (Wildman–Crippen LogP) is 3.30. The molecule has 0 aliphatic carbocycles. The summed E-state index contributed by atoms with van der Waals surface area (Å²) in [6.07, 6.45) is 5.34. The van der Waals surface area contributed by atoms with Gasteiger partial charge in [0.1, 0.15) is 0 Å². The average molecular weight is 252 g/mol. The van der Waals surface area contributed by atoms with Crippen molar-refractivity contribution in [2.45, 2.75) is 46.5 Å². The summed E-state index contributed by atoms with van der Waals surface area (Å²) in [7, 11) is 0. The quantitative estimate of drug-likeness (QED) is 0.552. The summed E-state index contributed by atoms with van der Waals surface area (Å²) in [5.41, 5.74) is 1.34. The molecule has 0 aromatic rings. The average Bonchev–Trinajstić information content (AvgIpc) is 2.55. The van der Waals surface area contributed by atoms with Gasteiger partial charge in [-0.1, -0.05) is 27.4 Å². The molecule has 2 heteroatoms. The minimum atomic E-state index is 0.847. The van der Waals surface area contributed by atoms with Gasteiger partial charge in [0, 0.05) is 13.1 Å². The van der Waals surface area contributed by atoms with Crippen LogP contribution < -0.4 is 5.32 Å². The number of likely N-dealkylation sites (tertiary alicyclic amines) is 1. The van der Waals surface area contributed by atoms with Crippen molar-refractivity contribution < 1.29 is 0 Å². The van der Waals surface area contributed by atoms with E-state index in [0.717, 1.165) is 31.5 Å². The highest BCUT2D eigenvalue weighted by atomic mass is 15.1. The van der Waals surface area contributed by atoms with Crippen molar-refractivity contribution in [1.29, 1.82) is 0 Å². The summed E-state index contributed by atoms with van der Waals surface area (Å²) in [5, 5.41) is 3.44. The molecule has 1 fully saturated rings. The van der Waals surface area contributed by atoms with Crippen LogP contribution in [0.15, 0.2) is 12.2 Å². The Balaban J connectivity index is 2.24. The van der Waals surface area contributed by atoms with Crippen LogP contribution in [0.2, 0.25) is 0 Å². The molecule has 1 saturated heterocycles. The molecule has 0 amide bonds. The van der Waals surface area contributed by atoms with Crippen LogP contribution in [0.4, 0.5) is 0 Å². The number of rotatable bonds is 7. The van der Waals surface area contributed by atoms with Gasteiger partial charge in [-0.05, 0) is 62.7 Å². The van der Waals surface area contributed by atoms with Gasteiger partial charge in [-0.15, -0.1) is 0 Å². The smallest absolute Gasteiger partial charge is 0.0202 e. The highest BCUT2D eigenvalue weighted by Gasteiger charge is 2.19. The van der Waals surface area contributed by atoms with Gasteiger partial charge in [-0.3, -0.25) is 4.90 Å². The van der Waals surface area contributed by atoms with Gasteiger partial charge in [0.25, 0.3) is 0 Å². The molecule has 0 radical (unpaired) electrons. The molecule has 1 N–H and O–H groups in total. The minimum Gasteiger partial charge on any atom is -0.313 e. The molecule has 1 aliphatic rings. The molecular formula is C16H32N2. The first kappa shape index (κ1) is 15.7. The molecule has 0 aromatic carbocycles. The van der Waals surface area contributed by atoms with Gasteiger partial charge in [0.15, 0.2) is 0 Å². The van der Waals surface area contributed by atoms with Crippen LogP contribution in [0.1, 0.15) is 46.5 Å². The van der Waals surface area contributed by atoms with E-state index in [0.29, 0.717) is 0 Å². The lowest BCUT2D eigenvalue weighted by atomic mass is 9.89. The van der Waals surface area contributed by atoms with E-state index in [1.54, 1.807) is 0 Å². The van der Waals surface area contributed by atoms with E-state index in [9.17, 15) is 0 Å². The van der Waals surface area contributed by atoms with Crippen molar-refractivity contribution in [1.82, 2.24) is 10.2 Å². The van der Waals surface area contributed by atoms with Gasteiger partial charge in [-0.2, -0.15) is 0 Å². The molecule has 106 valence electrons. The second kappa shape index (κ2) is 8.71. The van der Waals surface area contributed by atoms with Crippen LogP contribution in [0.25, 0.3) is 0 Å². The maximum atomic E-state index is 4.20. The van der Waals surface area contributed by atoms with Crippen LogP contribution in [0, 0.1) is 11.8 Å². The lowest BCUT2D eigenvalue weighted by molar-refractivity contribution is 0.289. The van der Waals surface area contributed by atoms with Crippen molar-refractivity contribution in [3.05, 3.63) is 12.2 Å². The zero-order valence-electron chi connectivity index (χ0n) is 12.7. The van der Waals surface area contributed by atoms with E-state index in [-0.39, 0.29) is 0 Å². The Bertz CT molecular complexity index is 235. The molecule has 18 heavy (non-hydrogen) atoms. The highest BCUT2D eigenvalue weighted by molar-refractivity contribution is 5.00. The topological polar surface area (TPSA) is 15.3 Å². The van der Waals surface area contributed by atoms with Crippen LogP contribution in [0.5, 0.6) is 0 Å². The lowest BCUT2D eigenvalue weighted by Crippen LogP contribution is -2.30. The Labute approximate surface area is 114 Å². The summed E-state index contributed by atoms with van der Waals surface area (Å²) in [5.74, 6) is 1.78. The molecule has 2 nitrogen and oxygen atoms in total. The van der Waals surface area contributed by atoms with Crippen molar-refractivity contribution in [2.75, 3.05) is 32.7 Å². The monoisotopic (exact) mass is 252 g/mol. The van der Waals surface area contributed by atoms with E-state index in [2.05, 4.69) is 37.6 Å². The first-order valence-corrected chi connectivity index (χ1v) is 7.73. The van der Waals surface area contributed by atoms with Gasteiger partial charge in [-0.25, -0.2) is 0 Å². The first-order valence-electron chi connectivity index (χ1n) is 7.73. The zero-order valence-corrected chi connectivity index (χ0v) is 12.7. The zero-order chi connectivity index (χ0) is 13.4. The molecule has 1 heterocycles. The van der Waals surface area contributed by atoms with Gasteiger partial charge in [0.2, 0.25) is 0 Å². The Hall–Kier alpha value is -0.340. The van der Waals surface area contributed by atoms with E-state index < -0.39 is 0 Å². The molecule has 1 unspecified atom stereocenters. The molecular weight excluding hydrogens is 220 g/mol. The fraction of sp³-hybridized carbons (Fsp3) is 0.875. The Morgan fingerprint density at radius 3 is 2.78 bits per heavy atom. The summed E-state index contributed by atoms with van der Waals surface area (Å²) >= 11 is 0. The molecule has 0 bridgehead atoms. The molecule has 0 aromatic heterocycles. The maximum Gasteiger partial charge on any atom is 0.0202 e. The van der Waals surface area contributed by atoms with Crippen LogP contribution in [0.3, 0.4) is 0 Å². The SMILES string of the molecule is C=C(CNCCC)CN1CCCC(C(C)C)CC1. The molecule has 1 rings (SSSR count). The van der Waals surface area contributed by atoms with Crippen molar-refractivity contribution in [3.63, 3.8) is 0 Å². The third kappa shape index (κ3) is 6.01. The maximum absolute atomic E-state index is 4.20. The summed E-state index contributed by atoms with van der Waals surface area (Å²) in [6, 6.07) is 0. The first-order chi connectivity index (χ1) is 8.63. The van der Waals surface area contributed by atoms with E-state index >= 15 is 0 Å². The Kier molecular flexibility index (Phi) is 7.60. The number of nitrogens with zero attached hydrogens (tertiary/aromatic N) is 1. The Morgan fingerprint density at radius 1 is 1.33 bits per heavy atom. The summed E-state index contributed by atoms with van der Waals surface area (Å²) in [6.45, 7) is 16.8. The van der Waals surface area contributed by atoms with Crippen LogP contribution >= 0.6 is 0 Å². The summed E-state index contributed by atoms with van der Waals surface area (Å²) in [4.78, 5) is 2.60. The lowest BCUT2D eigenvalue weighted by Gasteiger charge is -2.22. The van der Waals surface area contributed by atoms with Crippen molar-refractivity contribution in [2.24, 2.45) is 11.8 Å². The van der Waals surface area contributed by atoms with Gasteiger partial charge in [0.05, 0.1) is 0 Å². The van der Waals surface area contributed by atoms with Gasteiger partial charge < -0.3 is 5.32 Å². The van der Waals surface area contributed by atoms with E-state index in [1.807, 2.05) is 0 Å². The van der Waals surface area contributed by atoms with E-state index in [1.165, 1.54) is 44.3 Å². The van der Waals surface area contributed by atoms with Crippen molar-refractivity contribution >= 4 is 0 Å². The molecule has 0 spiro atoms.